The minimum absolute atomic E-state index is 0.768. The van der Waals surface area contributed by atoms with Crippen molar-refractivity contribution in [1.82, 2.24) is 10.2 Å². The van der Waals surface area contributed by atoms with Gasteiger partial charge in [0.2, 0.25) is 0 Å². The standard InChI is InChI=1S/C15H23N3S/c1-13-5-2-3-7-18(13)8-4-6-17-11-15-9-14(10-16)12-19-15/h9,12-13,17H,2-8,11H2,1H3. The van der Waals surface area contributed by atoms with Gasteiger partial charge in [-0.1, -0.05) is 6.42 Å². The van der Waals surface area contributed by atoms with Gasteiger partial charge in [0.15, 0.2) is 0 Å². The number of rotatable bonds is 6. The van der Waals surface area contributed by atoms with Crippen molar-refractivity contribution < 1.29 is 0 Å². The van der Waals surface area contributed by atoms with Crippen molar-refractivity contribution in [2.45, 2.75) is 45.2 Å². The largest absolute Gasteiger partial charge is 0.312 e. The maximum absolute atomic E-state index is 8.76. The minimum atomic E-state index is 0.768. The maximum atomic E-state index is 8.76. The van der Waals surface area contributed by atoms with Crippen LogP contribution in [0.25, 0.3) is 0 Å². The summed E-state index contributed by atoms with van der Waals surface area (Å²) in [5.74, 6) is 0. The molecular formula is C15H23N3S. The number of nitriles is 1. The number of nitrogens with zero attached hydrogens (tertiary/aromatic N) is 2. The molecule has 1 aliphatic rings. The Morgan fingerprint density at radius 3 is 3.16 bits per heavy atom. The molecule has 0 saturated carbocycles. The van der Waals surface area contributed by atoms with Gasteiger partial charge in [-0.25, -0.2) is 0 Å². The number of piperidine rings is 1. The topological polar surface area (TPSA) is 39.1 Å². The van der Waals surface area contributed by atoms with Gasteiger partial charge in [0.25, 0.3) is 0 Å². The summed E-state index contributed by atoms with van der Waals surface area (Å²) in [5.41, 5.74) is 0.781. The van der Waals surface area contributed by atoms with Gasteiger partial charge >= 0.3 is 0 Å². The second-order valence-electron chi connectivity index (χ2n) is 5.32. The molecule has 1 aromatic heterocycles. The van der Waals surface area contributed by atoms with E-state index >= 15 is 0 Å². The Labute approximate surface area is 120 Å². The van der Waals surface area contributed by atoms with Gasteiger partial charge in [-0.2, -0.15) is 5.26 Å². The van der Waals surface area contributed by atoms with Crippen molar-refractivity contribution in [3.05, 3.63) is 21.9 Å². The molecule has 2 heterocycles. The zero-order valence-electron chi connectivity index (χ0n) is 11.7. The third-order valence-electron chi connectivity index (χ3n) is 3.82. The molecule has 2 rings (SSSR count). The fourth-order valence-electron chi connectivity index (χ4n) is 2.64. The Bertz CT molecular complexity index is 421. The summed E-state index contributed by atoms with van der Waals surface area (Å²) in [6.45, 7) is 6.78. The molecule has 1 saturated heterocycles. The summed E-state index contributed by atoms with van der Waals surface area (Å²) >= 11 is 1.67. The quantitative estimate of drug-likeness (QED) is 0.813. The molecule has 1 unspecified atom stereocenters. The third-order valence-corrected chi connectivity index (χ3v) is 4.76. The molecule has 0 aromatic carbocycles. The second-order valence-corrected chi connectivity index (χ2v) is 6.32. The predicted octanol–water partition coefficient (Wildman–Crippen LogP) is 2.97. The summed E-state index contributed by atoms with van der Waals surface area (Å²) in [4.78, 5) is 3.87. The van der Waals surface area contributed by atoms with Gasteiger partial charge in [-0.05, 0) is 51.9 Å². The molecule has 0 aliphatic carbocycles. The van der Waals surface area contributed by atoms with Crippen LogP contribution in [-0.4, -0.2) is 30.6 Å². The summed E-state index contributed by atoms with van der Waals surface area (Å²) in [5, 5.41) is 14.2. The van der Waals surface area contributed by atoms with Crippen molar-refractivity contribution >= 4 is 11.3 Å². The molecule has 4 heteroatoms. The Morgan fingerprint density at radius 1 is 1.53 bits per heavy atom. The van der Waals surface area contributed by atoms with Gasteiger partial charge < -0.3 is 10.2 Å². The first-order valence-electron chi connectivity index (χ1n) is 7.22. The third kappa shape index (κ3) is 4.61. The molecule has 1 aliphatic heterocycles. The van der Waals surface area contributed by atoms with Gasteiger partial charge in [0.05, 0.1) is 5.56 Å². The fourth-order valence-corrected chi connectivity index (χ4v) is 3.42. The van der Waals surface area contributed by atoms with Crippen LogP contribution in [0, 0.1) is 11.3 Å². The van der Waals surface area contributed by atoms with E-state index in [0.29, 0.717) is 0 Å². The van der Waals surface area contributed by atoms with E-state index in [1.165, 1.54) is 43.6 Å². The van der Waals surface area contributed by atoms with E-state index < -0.39 is 0 Å². The van der Waals surface area contributed by atoms with E-state index in [1.807, 2.05) is 11.4 Å². The number of hydrogen-bond acceptors (Lipinski definition) is 4. The first-order valence-corrected chi connectivity index (χ1v) is 8.10. The molecule has 1 fully saturated rings. The van der Waals surface area contributed by atoms with Crippen molar-refractivity contribution in [2.24, 2.45) is 0 Å². The second kappa shape index (κ2) is 7.64. The highest BCUT2D eigenvalue weighted by Crippen LogP contribution is 2.16. The van der Waals surface area contributed by atoms with E-state index in [0.717, 1.165) is 24.7 Å². The van der Waals surface area contributed by atoms with E-state index in [4.69, 9.17) is 5.26 Å². The molecule has 3 nitrogen and oxygen atoms in total. The van der Waals surface area contributed by atoms with E-state index in [9.17, 15) is 0 Å². The number of thiophene rings is 1. The first-order chi connectivity index (χ1) is 9.29. The maximum Gasteiger partial charge on any atom is 0.100 e. The van der Waals surface area contributed by atoms with Crippen LogP contribution in [0.1, 0.15) is 43.0 Å². The van der Waals surface area contributed by atoms with Crippen molar-refractivity contribution in [1.29, 1.82) is 5.26 Å². The predicted molar refractivity (Wildman–Crippen MR) is 80.2 cm³/mol. The zero-order valence-corrected chi connectivity index (χ0v) is 12.5. The van der Waals surface area contributed by atoms with Crippen LogP contribution in [0.4, 0.5) is 0 Å². The van der Waals surface area contributed by atoms with Crippen molar-refractivity contribution in [3.63, 3.8) is 0 Å². The van der Waals surface area contributed by atoms with Gasteiger partial charge in [-0.15, -0.1) is 11.3 Å². The lowest BCUT2D eigenvalue weighted by molar-refractivity contribution is 0.159. The van der Waals surface area contributed by atoms with Crippen LogP contribution in [-0.2, 0) is 6.54 Å². The lowest BCUT2D eigenvalue weighted by Crippen LogP contribution is -2.38. The normalized spacial score (nSPS) is 20.3. The molecule has 0 radical (unpaired) electrons. The number of hydrogen-bond donors (Lipinski definition) is 1. The zero-order chi connectivity index (χ0) is 13.5. The highest BCUT2D eigenvalue weighted by molar-refractivity contribution is 7.10. The molecule has 0 bridgehead atoms. The highest BCUT2D eigenvalue weighted by atomic mass is 32.1. The molecule has 1 aromatic rings. The average Bonchev–Trinajstić information content (AvgIpc) is 2.88. The molecular weight excluding hydrogens is 254 g/mol. The van der Waals surface area contributed by atoms with Crippen LogP contribution < -0.4 is 5.32 Å². The summed E-state index contributed by atoms with van der Waals surface area (Å²) in [7, 11) is 0. The SMILES string of the molecule is CC1CCCCN1CCCNCc1cc(C#N)cs1. The van der Waals surface area contributed by atoms with Crippen molar-refractivity contribution in [2.75, 3.05) is 19.6 Å². The Hall–Kier alpha value is -0.890. The van der Waals surface area contributed by atoms with Gasteiger partial charge in [-0.3, -0.25) is 0 Å². The molecule has 0 amide bonds. The number of nitrogens with one attached hydrogen (secondary N) is 1. The minimum Gasteiger partial charge on any atom is -0.312 e. The lowest BCUT2D eigenvalue weighted by Gasteiger charge is -2.33. The van der Waals surface area contributed by atoms with Gasteiger partial charge in [0.1, 0.15) is 6.07 Å². The molecule has 19 heavy (non-hydrogen) atoms. The van der Waals surface area contributed by atoms with E-state index in [-0.39, 0.29) is 0 Å². The van der Waals surface area contributed by atoms with Crippen LogP contribution in [0.3, 0.4) is 0 Å². The summed E-state index contributed by atoms with van der Waals surface area (Å²) in [6, 6.07) is 4.92. The monoisotopic (exact) mass is 277 g/mol. The lowest BCUT2D eigenvalue weighted by atomic mass is 10.0. The molecule has 0 spiro atoms. The van der Waals surface area contributed by atoms with Crippen LogP contribution >= 0.6 is 11.3 Å². The Balaban J connectivity index is 1.58. The van der Waals surface area contributed by atoms with Crippen molar-refractivity contribution in [3.8, 4) is 6.07 Å². The average molecular weight is 277 g/mol. The Kier molecular flexibility index (Phi) is 5.84. The smallest absolute Gasteiger partial charge is 0.100 e. The molecule has 1 N–H and O–H groups in total. The first kappa shape index (κ1) is 14.5. The van der Waals surface area contributed by atoms with E-state index in [2.05, 4.69) is 23.2 Å². The Morgan fingerprint density at radius 2 is 2.42 bits per heavy atom. The summed E-state index contributed by atoms with van der Waals surface area (Å²) < 4.78 is 0. The number of likely N-dealkylation sites (tertiary alicyclic amines) is 1. The van der Waals surface area contributed by atoms with E-state index in [1.54, 1.807) is 11.3 Å². The summed E-state index contributed by atoms with van der Waals surface area (Å²) in [6.07, 6.45) is 5.33. The van der Waals surface area contributed by atoms with Crippen LogP contribution in [0.2, 0.25) is 0 Å². The fraction of sp³-hybridized carbons (Fsp3) is 0.667. The van der Waals surface area contributed by atoms with Crippen LogP contribution in [0.5, 0.6) is 0 Å². The molecule has 104 valence electrons. The highest BCUT2D eigenvalue weighted by Gasteiger charge is 2.16. The van der Waals surface area contributed by atoms with Gasteiger partial charge in [0, 0.05) is 22.8 Å². The van der Waals surface area contributed by atoms with Crippen LogP contribution in [0.15, 0.2) is 11.4 Å². The molecule has 1 atom stereocenters.